The van der Waals surface area contributed by atoms with Gasteiger partial charge in [-0.05, 0) is 49.1 Å². The first-order valence-electron chi connectivity index (χ1n) is 7.18. The molecule has 0 aromatic heterocycles. The number of benzene rings is 2. The largest absolute Gasteiger partial charge is 0.494 e. The van der Waals surface area contributed by atoms with Crippen LogP contribution in [0.25, 0.3) is 10.8 Å². The summed E-state index contributed by atoms with van der Waals surface area (Å²) in [4.78, 5) is 10.6. The van der Waals surface area contributed by atoms with Crippen molar-refractivity contribution in [3.8, 4) is 5.75 Å². The maximum absolute atomic E-state index is 10.6. The van der Waals surface area contributed by atoms with Crippen LogP contribution < -0.4 is 4.74 Å². The minimum absolute atomic E-state index is 0.408. The molecule has 2 aromatic rings. The van der Waals surface area contributed by atoms with Crippen LogP contribution in [0.3, 0.4) is 0 Å². The second kappa shape index (κ2) is 7.48. The van der Waals surface area contributed by atoms with Crippen LogP contribution in [-0.4, -0.2) is 17.7 Å². The minimum atomic E-state index is -0.845. The molecule has 0 aliphatic heterocycles. The van der Waals surface area contributed by atoms with Crippen LogP contribution >= 0.6 is 0 Å². The first-order chi connectivity index (χ1) is 10.2. The number of unbranched alkanes of at least 4 members (excludes halogenated alkanes) is 2. The molecule has 0 fully saturated rings. The standard InChI is InChI=1S/C18H20O3/c1-14(18(19)20)7-3-2-6-12-21-17-11-10-15-8-4-5-9-16(15)13-17/h4-5,7-11,13H,2-3,6,12H2,1H3,(H,19,20). The molecule has 2 rings (SSSR count). The molecule has 110 valence electrons. The topological polar surface area (TPSA) is 46.5 Å². The van der Waals surface area contributed by atoms with Crippen molar-refractivity contribution in [2.45, 2.75) is 26.2 Å². The predicted molar refractivity (Wildman–Crippen MR) is 84.7 cm³/mol. The Labute approximate surface area is 124 Å². The summed E-state index contributed by atoms with van der Waals surface area (Å²) in [6, 6.07) is 14.3. The molecule has 0 amide bonds. The lowest BCUT2D eigenvalue weighted by molar-refractivity contribution is -0.132. The van der Waals surface area contributed by atoms with Crippen LogP contribution in [0.15, 0.2) is 54.1 Å². The molecule has 0 atom stereocenters. The molecule has 3 heteroatoms. The maximum Gasteiger partial charge on any atom is 0.330 e. The highest BCUT2D eigenvalue weighted by Gasteiger charge is 1.99. The smallest absolute Gasteiger partial charge is 0.330 e. The zero-order valence-corrected chi connectivity index (χ0v) is 12.2. The zero-order valence-electron chi connectivity index (χ0n) is 12.2. The van der Waals surface area contributed by atoms with Crippen LogP contribution in [0.5, 0.6) is 5.75 Å². The van der Waals surface area contributed by atoms with Crippen molar-refractivity contribution in [2.75, 3.05) is 6.61 Å². The Morgan fingerprint density at radius 2 is 1.90 bits per heavy atom. The normalized spacial score (nSPS) is 11.6. The van der Waals surface area contributed by atoms with E-state index in [2.05, 4.69) is 18.2 Å². The van der Waals surface area contributed by atoms with Crippen LogP contribution in [-0.2, 0) is 4.79 Å². The lowest BCUT2D eigenvalue weighted by atomic mass is 10.1. The predicted octanol–water partition coefficient (Wildman–Crippen LogP) is 4.42. The lowest BCUT2D eigenvalue weighted by Crippen LogP contribution is -1.98. The lowest BCUT2D eigenvalue weighted by Gasteiger charge is -2.07. The Bertz CT molecular complexity index is 644. The first kappa shape index (κ1) is 15.1. The van der Waals surface area contributed by atoms with E-state index in [0.29, 0.717) is 12.2 Å². The van der Waals surface area contributed by atoms with Gasteiger partial charge in [-0.15, -0.1) is 0 Å². The fourth-order valence-electron chi connectivity index (χ4n) is 2.10. The number of allylic oxidation sites excluding steroid dienone is 1. The summed E-state index contributed by atoms with van der Waals surface area (Å²) in [5, 5.41) is 11.1. The molecule has 0 saturated heterocycles. The Morgan fingerprint density at radius 3 is 2.67 bits per heavy atom. The first-order valence-corrected chi connectivity index (χ1v) is 7.18. The van der Waals surface area contributed by atoms with Gasteiger partial charge in [0.2, 0.25) is 0 Å². The monoisotopic (exact) mass is 284 g/mol. The minimum Gasteiger partial charge on any atom is -0.494 e. The number of hydrogen-bond donors (Lipinski definition) is 1. The Balaban J connectivity index is 1.75. The fourth-order valence-corrected chi connectivity index (χ4v) is 2.10. The van der Waals surface area contributed by atoms with Gasteiger partial charge in [-0.2, -0.15) is 0 Å². The van der Waals surface area contributed by atoms with Crippen molar-refractivity contribution in [3.63, 3.8) is 0 Å². The SMILES string of the molecule is CC(=CCCCCOc1ccc2ccccc2c1)C(=O)O. The van der Waals surface area contributed by atoms with E-state index in [0.717, 1.165) is 25.0 Å². The van der Waals surface area contributed by atoms with E-state index in [-0.39, 0.29) is 0 Å². The van der Waals surface area contributed by atoms with Gasteiger partial charge in [0.1, 0.15) is 5.75 Å². The number of fused-ring (bicyclic) bond motifs is 1. The summed E-state index contributed by atoms with van der Waals surface area (Å²) in [5.41, 5.74) is 0.408. The third-order valence-electron chi connectivity index (χ3n) is 3.38. The molecule has 0 bridgehead atoms. The van der Waals surface area contributed by atoms with Gasteiger partial charge in [-0.3, -0.25) is 0 Å². The van der Waals surface area contributed by atoms with E-state index in [1.165, 1.54) is 10.8 Å². The van der Waals surface area contributed by atoms with Crippen molar-refractivity contribution in [1.82, 2.24) is 0 Å². The molecule has 0 aliphatic carbocycles. The van der Waals surface area contributed by atoms with E-state index < -0.39 is 5.97 Å². The Hall–Kier alpha value is -2.29. The van der Waals surface area contributed by atoms with Gasteiger partial charge in [0.05, 0.1) is 6.61 Å². The van der Waals surface area contributed by atoms with Gasteiger partial charge in [-0.25, -0.2) is 4.79 Å². The van der Waals surface area contributed by atoms with Gasteiger partial charge in [0.15, 0.2) is 0 Å². The molecule has 2 aromatic carbocycles. The average molecular weight is 284 g/mol. The maximum atomic E-state index is 10.6. The van der Waals surface area contributed by atoms with Crippen LogP contribution in [0, 0.1) is 0 Å². The van der Waals surface area contributed by atoms with Crippen LogP contribution in [0.4, 0.5) is 0 Å². The Kier molecular flexibility index (Phi) is 5.38. The third kappa shape index (κ3) is 4.63. The summed E-state index contributed by atoms with van der Waals surface area (Å²) >= 11 is 0. The number of aliphatic carboxylic acids is 1. The molecular formula is C18H20O3. The molecule has 0 aliphatic rings. The number of carboxylic acid groups (broad SMARTS) is 1. The molecule has 0 heterocycles. The summed E-state index contributed by atoms with van der Waals surface area (Å²) in [6.07, 6.45) is 4.38. The molecular weight excluding hydrogens is 264 g/mol. The van der Waals surface area contributed by atoms with Gasteiger partial charge >= 0.3 is 5.97 Å². The number of hydrogen-bond acceptors (Lipinski definition) is 2. The molecule has 0 spiro atoms. The van der Waals surface area contributed by atoms with E-state index in [1.807, 2.05) is 24.3 Å². The molecule has 1 N–H and O–H groups in total. The third-order valence-corrected chi connectivity index (χ3v) is 3.38. The summed E-state index contributed by atoms with van der Waals surface area (Å²) < 4.78 is 5.73. The van der Waals surface area contributed by atoms with Gasteiger partial charge < -0.3 is 9.84 Å². The number of carboxylic acids is 1. The molecule has 3 nitrogen and oxygen atoms in total. The van der Waals surface area contributed by atoms with E-state index in [4.69, 9.17) is 9.84 Å². The quantitative estimate of drug-likeness (QED) is 0.604. The molecule has 0 saturated carbocycles. The highest BCUT2D eigenvalue weighted by atomic mass is 16.5. The second-order valence-corrected chi connectivity index (χ2v) is 5.05. The fraction of sp³-hybridized carbons (Fsp3) is 0.278. The van der Waals surface area contributed by atoms with Crippen molar-refractivity contribution >= 4 is 16.7 Å². The summed E-state index contributed by atoms with van der Waals surface area (Å²) in [6.45, 7) is 2.27. The zero-order chi connectivity index (χ0) is 15.1. The highest BCUT2D eigenvalue weighted by molar-refractivity contribution is 5.85. The molecule has 0 unspecified atom stereocenters. The molecule has 0 radical (unpaired) electrons. The summed E-state index contributed by atoms with van der Waals surface area (Å²) in [7, 11) is 0. The number of ether oxygens (including phenoxy) is 1. The van der Waals surface area contributed by atoms with E-state index in [9.17, 15) is 4.79 Å². The average Bonchev–Trinajstić information content (AvgIpc) is 2.50. The Morgan fingerprint density at radius 1 is 1.14 bits per heavy atom. The second-order valence-electron chi connectivity index (χ2n) is 5.05. The van der Waals surface area contributed by atoms with Crippen LogP contribution in [0.1, 0.15) is 26.2 Å². The van der Waals surface area contributed by atoms with E-state index in [1.54, 1.807) is 13.0 Å². The van der Waals surface area contributed by atoms with E-state index >= 15 is 0 Å². The summed E-state index contributed by atoms with van der Waals surface area (Å²) in [5.74, 6) is 0.0355. The number of carbonyl (C=O) groups is 1. The van der Waals surface area contributed by atoms with Crippen LogP contribution in [0.2, 0.25) is 0 Å². The van der Waals surface area contributed by atoms with Crippen molar-refractivity contribution in [3.05, 3.63) is 54.1 Å². The highest BCUT2D eigenvalue weighted by Crippen LogP contribution is 2.20. The van der Waals surface area contributed by atoms with Crippen molar-refractivity contribution in [2.24, 2.45) is 0 Å². The van der Waals surface area contributed by atoms with Crippen molar-refractivity contribution < 1.29 is 14.6 Å². The van der Waals surface area contributed by atoms with Gasteiger partial charge in [-0.1, -0.05) is 36.4 Å². The molecule has 21 heavy (non-hydrogen) atoms. The van der Waals surface area contributed by atoms with Gasteiger partial charge in [0, 0.05) is 5.57 Å². The number of rotatable bonds is 7. The van der Waals surface area contributed by atoms with Gasteiger partial charge in [0.25, 0.3) is 0 Å². The van der Waals surface area contributed by atoms with Crippen molar-refractivity contribution in [1.29, 1.82) is 0 Å².